The molecule has 0 aliphatic heterocycles. The van der Waals surface area contributed by atoms with Gasteiger partial charge in [0.1, 0.15) is 11.4 Å². The van der Waals surface area contributed by atoms with Gasteiger partial charge in [-0.15, -0.1) is 0 Å². The average Bonchev–Trinajstić information content (AvgIpc) is 2.65. The van der Waals surface area contributed by atoms with Crippen LogP contribution < -0.4 is 0 Å². The molecule has 0 aliphatic rings. The van der Waals surface area contributed by atoms with Gasteiger partial charge in [0.25, 0.3) is 0 Å². The zero-order valence-electron chi connectivity index (χ0n) is 8.50. The fourth-order valence-electron chi connectivity index (χ4n) is 1.35. The van der Waals surface area contributed by atoms with Crippen molar-refractivity contribution in [3.8, 4) is 11.3 Å². The predicted octanol–water partition coefficient (Wildman–Crippen LogP) is 2.03. The van der Waals surface area contributed by atoms with Gasteiger partial charge in [0.15, 0.2) is 5.76 Å². The highest BCUT2D eigenvalue weighted by Crippen LogP contribution is 2.19. The number of hydrogen-bond donors (Lipinski definition) is 1. The van der Waals surface area contributed by atoms with Crippen LogP contribution in [0.5, 0.6) is 0 Å². The van der Waals surface area contributed by atoms with Crippen LogP contribution in [0.1, 0.15) is 5.76 Å². The van der Waals surface area contributed by atoms with E-state index in [0.717, 1.165) is 5.56 Å². The standard InChI is InChI=1S/C11H11NO3S/c1-16(13,14)8-10-7-11(12-15-10)9-5-3-2-4-6-9/h2-7H,1,8H2,(H,13,14). The summed E-state index contributed by atoms with van der Waals surface area (Å²) in [6.07, 6.45) is 0. The predicted molar refractivity (Wildman–Crippen MR) is 63.5 cm³/mol. The Kier molecular flexibility index (Phi) is 2.80. The van der Waals surface area contributed by atoms with Gasteiger partial charge in [-0.2, -0.15) is 0 Å². The highest BCUT2D eigenvalue weighted by Gasteiger charge is 2.09. The van der Waals surface area contributed by atoms with Crippen LogP contribution in [0.25, 0.3) is 11.3 Å². The number of aromatic nitrogens is 1. The van der Waals surface area contributed by atoms with Crippen molar-refractivity contribution in [3.05, 3.63) is 42.2 Å². The Morgan fingerprint density at radius 1 is 1.38 bits per heavy atom. The summed E-state index contributed by atoms with van der Waals surface area (Å²) < 4.78 is 25.1. The fraction of sp³-hybridized carbons (Fsp3) is 0.0909. The summed E-state index contributed by atoms with van der Waals surface area (Å²) in [4.78, 5) is 0. The Morgan fingerprint density at radius 3 is 2.69 bits per heavy atom. The lowest BCUT2D eigenvalue weighted by atomic mass is 10.1. The van der Waals surface area contributed by atoms with E-state index < -0.39 is 9.80 Å². The van der Waals surface area contributed by atoms with Gasteiger partial charge in [0, 0.05) is 11.6 Å². The third-order valence-corrected chi connectivity index (χ3v) is 2.73. The van der Waals surface area contributed by atoms with E-state index in [9.17, 15) is 4.21 Å². The highest BCUT2D eigenvalue weighted by molar-refractivity contribution is 7.94. The summed E-state index contributed by atoms with van der Waals surface area (Å²) in [5, 5.41) is 3.83. The van der Waals surface area contributed by atoms with Crippen molar-refractivity contribution in [2.45, 2.75) is 5.75 Å². The van der Waals surface area contributed by atoms with E-state index in [1.807, 2.05) is 30.3 Å². The molecule has 2 aromatic rings. The first-order valence-electron chi connectivity index (χ1n) is 4.63. The Balaban J connectivity index is 2.27. The maximum absolute atomic E-state index is 11.1. The molecule has 84 valence electrons. The average molecular weight is 237 g/mol. The van der Waals surface area contributed by atoms with Crippen LogP contribution >= 0.6 is 0 Å². The molecule has 2 rings (SSSR count). The van der Waals surface area contributed by atoms with Crippen LogP contribution in [-0.4, -0.2) is 19.8 Å². The van der Waals surface area contributed by atoms with Crippen molar-refractivity contribution in [2.75, 3.05) is 0 Å². The van der Waals surface area contributed by atoms with E-state index in [1.165, 1.54) is 0 Å². The second kappa shape index (κ2) is 4.11. The molecule has 1 unspecified atom stereocenters. The van der Waals surface area contributed by atoms with E-state index in [-0.39, 0.29) is 5.75 Å². The topological polar surface area (TPSA) is 63.3 Å². The Morgan fingerprint density at radius 2 is 2.06 bits per heavy atom. The van der Waals surface area contributed by atoms with Gasteiger partial charge in [-0.3, -0.25) is 0 Å². The van der Waals surface area contributed by atoms with Crippen molar-refractivity contribution in [3.63, 3.8) is 0 Å². The summed E-state index contributed by atoms with van der Waals surface area (Å²) in [7, 11) is -3.08. The van der Waals surface area contributed by atoms with Crippen LogP contribution in [0.2, 0.25) is 0 Å². The van der Waals surface area contributed by atoms with Gasteiger partial charge < -0.3 is 9.08 Å². The van der Waals surface area contributed by atoms with E-state index in [0.29, 0.717) is 11.5 Å². The summed E-state index contributed by atoms with van der Waals surface area (Å²) >= 11 is 0. The van der Waals surface area contributed by atoms with Gasteiger partial charge >= 0.3 is 0 Å². The minimum absolute atomic E-state index is 0.118. The quantitative estimate of drug-likeness (QED) is 0.830. The minimum Gasteiger partial charge on any atom is -0.360 e. The Bertz CT molecular complexity index is 572. The number of hydrogen-bond acceptors (Lipinski definition) is 3. The molecule has 1 heterocycles. The highest BCUT2D eigenvalue weighted by atomic mass is 32.2. The van der Waals surface area contributed by atoms with E-state index in [2.05, 4.69) is 11.0 Å². The normalized spacial score (nSPS) is 14.6. The molecule has 16 heavy (non-hydrogen) atoms. The van der Waals surface area contributed by atoms with Crippen molar-refractivity contribution in [2.24, 2.45) is 0 Å². The molecule has 0 bridgehead atoms. The molecule has 4 nitrogen and oxygen atoms in total. The molecule has 0 spiro atoms. The lowest BCUT2D eigenvalue weighted by molar-refractivity contribution is 0.394. The Hall–Kier alpha value is -1.59. The van der Waals surface area contributed by atoms with Crippen molar-refractivity contribution in [1.82, 2.24) is 5.16 Å². The Labute approximate surface area is 93.7 Å². The fourth-order valence-corrected chi connectivity index (χ4v) is 1.93. The van der Waals surface area contributed by atoms with Gasteiger partial charge in [-0.05, 0) is 5.87 Å². The van der Waals surface area contributed by atoms with Crippen LogP contribution in [0, 0.1) is 0 Å². The SMILES string of the molecule is C=S(=O)(O)Cc1cc(-c2ccccc2)no1. The summed E-state index contributed by atoms with van der Waals surface area (Å²) in [6, 6.07) is 11.1. The number of rotatable bonds is 3. The molecule has 1 aromatic carbocycles. The number of nitrogens with zero attached hydrogens (tertiary/aromatic N) is 1. The summed E-state index contributed by atoms with van der Waals surface area (Å²) in [5.74, 6) is 3.39. The van der Waals surface area contributed by atoms with Crippen molar-refractivity contribution >= 4 is 15.7 Å². The first kappa shape index (κ1) is 10.9. The summed E-state index contributed by atoms with van der Waals surface area (Å²) in [6.45, 7) is 0. The van der Waals surface area contributed by atoms with Gasteiger partial charge in [-0.1, -0.05) is 35.5 Å². The number of benzene rings is 1. The maximum Gasteiger partial charge on any atom is 0.151 e. The van der Waals surface area contributed by atoms with E-state index >= 15 is 0 Å². The lowest BCUT2D eigenvalue weighted by Gasteiger charge is -1.94. The molecule has 1 atom stereocenters. The molecular weight excluding hydrogens is 226 g/mol. The van der Waals surface area contributed by atoms with E-state index in [4.69, 9.17) is 9.08 Å². The first-order chi connectivity index (χ1) is 7.54. The summed E-state index contributed by atoms with van der Waals surface area (Å²) in [5.41, 5.74) is 1.56. The smallest absolute Gasteiger partial charge is 0.151 e. The van der Waals surface area contributed by atoms with Crippen molar-refractivity contribution in [1.29, 1.82) is 0 Å². The molecular formula is C11H11NO3S. The van der Waals surface area contributed by atoms with Crippen LogP contribution in [0.3, 0.4) is 0 Å². The molecule has 0 aliphatic carbocycles. The molecule has 0 amide bonds. The molecule has 0 saturated heterocycles. The molecule has 1 N–H and O–H groups in total. The zero-order valence-corrected chi connectivity index (χ0v) is 9.31. The first-order valence-corrected chi connectivity index (χ1v) is 6.48. The van der Waals surface area contributed by atoms with Crippen molar-refractivity contribution < 1.29 is 13.3 Å². The minimum atomic E-state index is -3.08. The third kappa shape index (κ3) is 2.71. The molecule has 0 saturated carbocycles. The third-order valence-electron chi connectivity index (χ3n) is 2.00. The molecule has 1 aromatic heterocycles. The molecule has 0 fully saturated rings. The van der Waals surface area contributed by atoms with Crippen LogP contribution in [0.4, 0.5) is 0 Å². The second-order valence-corrected chi connectivity index (χ2v) is 5.30. The van der Waals surface area contributed by atoms with E-state index in [1.54, 1.807) is 6.07 Å². The molecule has 5 heteroatoms. The zero-order chi connectivity index (χ0) is 11.6. The second-order valence-electron chi connectivity index (χ2n) is 3.46. The monoisotopic (exact) mass is 237 g/mol. The van der Waals surface area contributed by atoms with Gasteiger partial charge in [0.2, 0.25) is 0 Å². The van der Waals surface area contributed by atoms with Crippen LogP contribution in [0.15, 0.2) is 40.9 Å². The lowest BCUT2D eigenvalue weighted by Crippen LogP contribution is -1.99. The van der Waals surface area contributed by atoms with Gasteiger partial charge in [0.05, 0.1) is 9.80 Å². The molecule has 0 radical (unpaired) electrons. The largest absolute Gasteiger partial charge is 0.360 e. The maximum atomic E-state index is 11.1. The van der Waals surface area contributed by atoms with Gasteiger partial charge in [-0.25, -0.2) is 4.21 Å². The van der Waals surface area contributed by atoms with Crippen LogP contribution in [-0.2, 0) is 15.6 Å².